The lowest BCUT2D eigenvalue weighted by Gasteiger charge is -2.35. The molecule has 150 valence electrons. The van der Waals surface area contributed by atoms with Crippen molar-refractivity contribution in [2.75, 3.05) is 36.4 Å². The number of anilines is 3. The van der Waals surface area contributed by atoms with Gasteiger partial charge in [0, 0.05) is 44.5 Å². The summed E-state index contributed by atoms with van der Waals surface area (Å²) in [7, 11) is 0. The summed E-state index contributed by atoms with van der Waals surface area (Å²) < 4.78 is 0. The Labute approximate surface area is 173 Å². The first-order chi connectivity index (χ1) is 14.0. The smallest absolute Gasteiger partial charge is 0.136 e. The Morgan fingerprint density at radius 2 is 1.52 bits per heavy atom. The average Bonchev–Trinajstić information content (AvgIpc) is 2.68. The van der Waals surface area contributed by atoms with Gasteiger partial charge in [-0.3, -0.25) is 4.90 Å². The van der Waals surface area contributed by atoms with Crippen molar-refractivity contribution in [2.24, 2.45) is 0 Å². The quantitative estimate of drug-likeness (QED) is 0.700. The maximum atomic E-state index is 4.70. The van der Waals surface area contributed by atoms with Gasteiger partial charge in [-0.2, -0.15) is 0 Å². The molecule has 0 radical (unpaired) electrons. The van der Waals surface area contributed by atoms with Crippen molar-refractivity contribution in [3.63, 3.8) is 0 Å². The fourth-order valence-corrected chi connectivity index (χ4v) is 3.95. The molecule has 1 saturated heterocycles. The third-order valence-corrected chi connectivity index (χ3v) is 5.26. The molecule has 1 aliphatic heterocycles. The molecule has 0 bridgehead atoms. The normalized spacial score (nSPS) is 14.8. The van der Waals surface area contributed by atoms with Gasteiger partial charge in [0.15, 0.2) is 0 Å². The van der Waals surface area contributed by atoms with Gasteiger partial charge in [-0.1, -0.05) is 36.4 Å². The number of piperazine rings is 1. The van der Waals surface area contributed by atoms with E-state index in [1.807, 2.05) is 6.92 Å². The summed E-state index contributed by atoms with van der Waals surface area (Å²) in [6, 6.07) is 19.2. The largest absolute Gasteiger partial charge is 0.354 e. The summed E-state index contributed by atoms with van der Waals surface area (Å²) in [5.41, 5.74) is 4.93. The van der Waals surface area contributed by atoms with Crippen molar-refractivity contribution in [3.8, 4) is 0 Å². The first kappa shape index (κ1) is 19.4. The van der Waals surface area contributed by atoms with Crippen molar-refractivity contribution in [2.45, 2.75) is 27.3 Å². The number of rotatable bonds is 5. The molecular weight excluding hydrogens is 358 g/mol. The summed E-state index contributed by atoms with van der Waals surface area (Å²) >= 11 is 0. The van der Waals surface area contributed by atoms with Crippen LogP contribution in [0.1, 0.15) is 22.5 Å². The van der Waals surface area contributed by atoms with E-state index in [9.17, 15) is 0 Å². The first-order valence-electron chi connectivity index (χ1n) is 10.3. The molecule has 5 nitrogen and oxygen atoms in total. The lowest BCUT2D eigenvalue weighted by molar-refractivity contribution is 0.249. The van der Waals surface area contributed by atoms with Crippen molar-refractivity contribution >= 4 is 17.3 Å². The molecule has 4 rings (SSSR count). The molecule has 1 N–H and O–H groups in total. The second-order valence-electron chi connectivity index (χ2n) is 7.91. The van der Waals surface area contributed by atoms with Crippen LogP contribution in [-0.4, -0.2) is 41.0 Å². The van der Waals surface area contributed by atoms with Gasteiger partial charge in [0.2, 0.25) is 0 Å². The fraction of sp³-hybridized carbons (Fsp3) is 0.333. The van der Waals surface area contributed by atoms with Crippen molar-refractivity contribution in [1.82, 2.24) is 14.9 Å². The fourth-order valence-electron chi connectivity index (χ4n) is 3.95. The van der Waals surface area contributed by atoms with Crippen molar-refractivity contribution < 1.29 is 0 Å². The summed E-state index contributed by atoms with van der Waals surface area (Å²) in [6.07, 6.45) is 0. The third-order valence-electron chi connectivity index (χ3n) is 5.26. The Bertz CT molecular complexity index is 942. The van der Waals surface area contributed by atoms with Gasteiger partial charge in [0.25, 0.3) is 0 Å². The molecule has 0 saturated carbocycles. The number of nitrogens with zero attached hydrogens (tertiary/aromatic N) is 4. The van der Waals surface area contributed by atoms with Gasteiger partial charge in [-0.25, -0.2) is 9.97 Å². The maximum Gasteiger partial charge on any atom is 0.136 e. The van der Waals surface area contributed by atoms with Crippen molar-refractivity contribution in [3.05, 3.63) is 77.1 Å². The van der Waals surface area contributed by atoms with E-state index in [4.69, 9.17) is 4.98 Å². The molecule has 5 heteroatoms. The zero-order valence-electron chi connectivity index (χ0n) is 17.5. The van der Waals surface area contributed by atoms with Gasteiger partial charge >= 0.3 is 0 Å². The highest BCUT2D eigenvalue weighted by Gasteiger charge is 2.19. The average molecular weight is 388 g/mol. The van der Waals surface area contributed by atoms with Crippen LogP contribution >= 0.6 is 0 Å². The Balaban J connectivity index is 1.43. The molecule has 1 aromatic heterocycles. The van der Waals surface area contributed by atoms with Crippen LogP contribution in [-0.2, 0) is 6.54 Å². The first-order valence-corrected chi connectivity index (χ1v) is 10.3. The van der Waals surface area contributed by atoms with E-state index in [-0.39, 0.29) is 0 Å². The highest BCUT2D eigenvalue weighted by atomic mass is 15.3. The highest BCUT2D eigenvalue weighted by molar-refractivity contribution is 5.61. The highest BCUT2D eigenvalue weighted by Crippen LogP contribution is 2.23. The standard InChI is InChI=1S/C24H29N5/c1-18-13-19(2)15-22(14-18)27-23-16-24(26-20(3)25-23)29-11-9-28(10-12-29)17-21-7-5-4-6-8-21/h4-8,13-16H,9-12,17H2,1-3H3,(H,25,26,27). The molecular formula is C24H29N5. The van der Waals surface area contributed by atoms with Crippen LogP contribution in [0.25, 0.3) is 0 Å². The van der Waals surface area contributed by atoms with Gasteiger partial charge in [-0.05, 0) is 49.6 Å². The van der Waals surface area contributed by atoms with Gasteiger partial charge in [-0.15, -0.1) is 0 Å². The predicted octanol–water partition coefficient (Wildman–Crippen LogP) is 4.47. The van der Waals surface area contributed by atoms with E-state index in [1.165, 1.54) is 16.7 Å². The van der Waals surface area contributed by atoms with Gasteiger partial charge in [0.1, 0.15) is 17.5 Å². The number of hydrogen-bond acceptors (Lipinski definition) is 5. The number of nitrogens with one attached hydrogen (secondary N) is 1. The molecule has 29 heavy (non-hydrogen) atoms. The maximum absolute atomic E-state index is 4.70. The molecule has 0 aliphatic carbocycles. The number of aromatic nitrogens is 2. The number of aryl methyl sites for hydroxylation is 3. The lowest BCUT2D eigenvalue weighted by Crippen LogP contribution is -2.46. The predicted molar refractivity (Wildman–Crippen MR) is 120 cm³/mol. The molecule has 0 atom stereocenters. The monoisotopic (exact) mass is 387 g/mol. The van der Waals surface area contributed by atoms with Crippen LogP contribution in [0.5, 0.6) is 0 Å². The molecule has 2 aromatic carbocycles. The second-order valence-corrected chi connectivity index (χ2v) is 7.91. The SMILES string of the molecule is Cc1cc(C)cc(Nc2cc(N3CCN(Cc4ccccc4)CC3)nc(C)n2)c1. The van der Waals surface area contributed by atoms with E-state index in [2.05, 4.69) is 88.5 Å². The van der Waals surface area contributed by atoms with E-state index < -0.39 is 0 Å². The van der Waals surface area contributed by atoms with E-state index in [0.717, 1.165) is 55.9 Å². The van der Waals surface area contributed by atoms with Crippen molar-refractivity contribution in [1.29, 1.82) is 0 Å². The summed E-state index contributed by atoms with van der Waals surface area (Å²) in [5.74, 6) is 2.65. The summed E-state index contributed by atoms with van der Waals surface area (Å²) in [5, 5.41) is 3.46. The van der Waals surface area contributed by atoms with Crippen LogP contribution in [0.2, 0.25) is 0 Å². The molecule has 0 spiro atoms. The number of benzene rings is 2. The molecule has 0 unspecified atom stereocenters. The Hall–Kier alpha value is -2.92. The summed E-state index contributed by atoms with van der Waals surface area (Å²) in [4.78, 5) is 14.2. The minimum absolute atomic E-state index is 0.793. The van der Waals surface area contributed by atoms with Crippen LogP contribution in [0.15, 0.2) is 54.6 Å². The zero-order chi connectivity index (χ0) is 20.2. The molecule has 3 aromatic rings. The Morgan fingerprint density at radius 3 is 2.21 bits per heavy atom. The number of hydrogen-bond donors (Lipinski definition) is 1. The summed E-state index contributed by atoms with van der Waals surface area (Å²) in [6.45, 7) is 11.2. The van der Waals surface area contributed by atoms with E-state index in [1.54, 1.807) is 0 Å². The Kier molecular flexibility index (Phi) is 5.76. The van der Waals surface area contributed by atoms with Crippen LogP contribution in [0.4, 0.5) is 17.3 Å². The van der Waals surface area contributed by atoms with Crippen LogP contribution in [0, 0.1) is 20.8 Å². The minimum Gasteiger partial charge on any atom is -0.354 e. The zero-order valence-corrected chi connectivity index (χ0v) is 17.5. The molecule has 1 aliphatic rings. The lowest BCUT2D eigenvalue weighted by atomic mass is 10.1. The molecule has 1 fully saturated rings. The Morgan fingerprint density at radius 1 is 0.828 bits per heavy atom. The van der Waals surface area contributed by atoms with E-state index >= 15 is 0 Å². The minimum atomic E-state index is 0.793. The topological polar surface area (TPSA) is 44.3 Å². The van der Waals surface area contributed by atoms with Crippen LogP contribution in [0.3, 0.4) is 0 Å². The second kappa shape index (κ2) is 8.62. The van der Waals surface area contributed by atoms with Gasteiger partial charge < -0.3 is 10.2 Å². The van der Waals surface area contributed by atoms with Crippen LogP contribution < -0.4 is 10.2 Å². The van der Waals surface area contributed by atoms with Gasteiger partial charge in [0.05, 0.1) is 0 Å². The molecule has 2 heterocycles. The molecule has 0 amide bonds. The third kappa shape index (κ3) is 5.12. The van der Waals surface area contributed by atoms with E-state index in [0.29, 0.717) is 0 Å².